The molecule has 0 fully saturated rings. The first-order valence-electron chi connectivity index (χ1n) is 4.65. The van der Waals surface area contributed by atoms with Crippen molar-refractivity contribution in [2.75, 3.05) is 6.54 Å². The van der Waals surface area contributed by atoms with E-state index in [1.807, 2.05) is 6.92 Å². The Kier molecular flexibility index (Phi) is 8.35. The molecule has 0 aliphatic rings. The molecule has 15 heavy (non-hydrogen) atoms. The molecule has 0 radical (unpaired) electrons. The van der Waals surface area contributed by atoms with Crippen molar-refractivity contribution >= 4 is 10.0 Å². The fraction of sp³-hybridized carbons (Fsp3) is 0.400. The van der Waals surface area contributed by atoms with Gasteiger partial charge < -0.3 is 4.72 Å². The molecule has 0 unspecified atom stereocenters. The van der Waals surface area contributed by atoms with Crippen LogP contribution in [0.1, 0.15) is 19.8 Å². The van der Waals surface area contributed by atoms with Crippen molar-refractivity contribution in [1.82, 2.24) is 0 Å². The first-order chi connectivity index (χ1) is 6.67. The summed E-state index contributed by atoms with van der Waals surface area (Å²) in [7, 11) is -3.41. The molecule has 0 atom stereocenters. The van der Waals surface area contributed by atoms with Crippen LogP contribution in [0, 0.1) is 0 Å². The van der Waals surface area contributed by atoms with Crippen LogP contribution in [-0.2, 0) is 10.0 Å². The maximum atomic E-state index is 11.5. The Morgan fingerprint density at radius 1 is 1.20 bits per heavy atom. The van der Waals surface area contributed by atoms with Crippen LogP contribution in [0.2, 0.25) is 0 Å². The molecular formula is C10H14KNO2S. The van der Waals surface area contributed by atoms with Crippen molar-refractivity contribution in [1.29, 1.82) is 0 Å². The summed E-state index contributed by atoms with van der Waals surface area (Å²) in [5.41, 5.74) is 0. The van der Waals surface area contributed by atoms with Crippen LogP contribution < -0.4 is 51.4 Å². The molecule has 0 saturated carbocycles. The molecule has 0 N–H and O–H groups in total. The first kappa shape index (κ1) is 15.8. The van der Waals surface area contributed by atoms with Crippen molar-refractivity contribution in [3.05, 3.63) is 35.1 Å². The number of sulfonamides is 1. The topological polar surface area (TPSA) is 48.2 Å². The molecule has 3 nitrogen and oxygen atoms in total. The van der Waals surface area contributed by atoms with Gasteiger partial charge in [0.25, 0.3) is 0 Å². The van der Waals surface area contributed by atoms with Crippen molar-refractivity contribution in [2.24, 2.45) is 0 Å². The number of nitrogens with zero attached hydrogens (tertiary/aromatic N) is 1. The standard InChI is InChI=1S/C10H14NO2S.K/c1-2-3-9-11-14(12,13)10-7-5-4-6-8-10;/h4-8H,2-3,9H2,1H3;/q-1;+1. The van der Waals surface area contributed by atoms with Gasteiger partial charge in [0.05, 0.1) is 0 Å². The van der Waals surface area contributed by atoms with Gasteiger partial charge in [0.15, 0.2) is 0 Å². The van der Waals surface area contributed by atoms with Gasteiger partial charge in [0.2, 0.25) is 0 Å². The molecule has 0 aliphatic carbocycles. The number of rotatable bonds is 5. The summed E-state index contributed by atoms with van der Waals surface area (Å²) in [4.78, 5) is 0.274. The largest absolute Gasteiger partial charge is 1.00 e. The average molecular weight is 251 g/mol. The minimum atomic E-state index is -3.41. The Labute approximate surface area is 134 Å². The molecule has 0 amide bonds. The van der Waals surface area contributed by atoms with Crippen molar-refractivity contribution in [3.8, 4) is 0 Å². The van der Waals surface area contributed by atoms with Gasteiger partial charge in [-0.05, 0) is 12.1 Å². The van der Waals surface area contributed by atoms with E-state index in [0.717, 1.165) is 12.8 Å². The Morgan fingerprint density at radius 3 is 2.33 bits per heavy atom. The summed E-state index contributed by atoms with van der Waals surface area (Å²) in [6, 6.07) is 8.30. The quantitative estimate of drug-likeness (QED) is 0.526. The van der Waals surface area contributed by atoms with Crippen LogP contribution in [-0.4, -0.2) is 15.0 Å². The first-order valence-corrected chi connectivity index (χ1v) is 6.09. The summed E-state index contributed by atoms with van der Waals surface area (Å²) >= 11 is 0. The van der Waals surface area contributed by atoms with E-state index in [4.69, 9.17) is 0 Å². The second-order valence-corrected chi connectivity index (χ2v) is 4.67. The molecule has 0 saturated heterocycles. The predicted molar refractivity (Wildman–Crippen MR) is 56.8 cm³/mol. The SMILES string of the molecule is CCCC[N-]S(=O)(=O)c1ccccc1.[K+]. The maximum Gasteiger partial charge on any atom is 1.00 e. The van der Waals surface area contributed by atoms with Gasteiger partial charge in [-0.2, -0.15) is 0 Å². The van der Waals surface area contributed by atoms with E-state index in [2.05, 4.69) is 4.72 Å². The molecule has 0 spiro atoms. The zero-order valence-electron chi connectivity index (χ0n) is 9.18. The van der Waals surface area contributed by atoms with Crippen LogP contribution in [0.5, 0.6) is 0 Å². The minimum absolute atomic E-state index is 0. The fourth-order valence-electron chi connectivity index (χ4n) is 1.01. The Morgan fingerprint density at radius 2 is 1.80 bits per heavy atom. The molecule has 1 rings (SSSR count). The van der Waals surface area contributed by atoms with Crippen LogP contribution in [0.25, 0.3) is 4.72 Å². The van der Waals surface area contributed by atoms with Gasteiger partial charge in [-0.3, -0.25) is 0 Å². The van der Waals surface area contributed by atoms with Crippen LogP contribution >= 0.6 is 0 Å². The predicted octanol–water partition coefficient (Wildman–Crippen LogP) is -0.447. The van der Waals surface area contributed by atoms with Gasteiger partial charge in [-0.15, -0.1) is 6.54 Å². The van der Waals surface area contributed by atoms with Crippen LogP contribution in [0.3, 0.4) is 0 Å². The van der Waals surface area contributed by atoms with Gasteiger partial charge in [0, 0.05) is 4.90 Å². The fourth-order valence-corrected chi connectivity index (χ4v) is 2.03. The van der Waals surface area contributed by atoms with Gasteiger partial charge in [-0.25, -0.2) is 8.42 Å². The van der Waals surface area contributed by atoms with Crippen molar-refractivity contribution in [2.45, 2.75) is 24.7 Å². The molecule has 0 aliphatic heterocycles. The van der Waals surface area contributed by atoms with Gasteiger partial charge >= 0.3 is 51.4 Å². The Balaban J connectivity index is 0.00000196. The number of hydrogen-bond acceptors (Lipinski definition) is 2. The summed E-state index contributed by atoms with van der Waals surface area (Å²) in [5, 5.41) is 0. The van der Waals surface area contributed by atoms with Crippen LogP contribution in [0.15, 0.2) is 35.2 Å². The third kappa shape index (κ3) is 5.58. The average Bonchev–Trinajstić information content (AvgIpc) is 2.19. The number of unbranched alkanes of at least 4 members (excludes halogenated alkanes) is 1. The molecule has 0 bridgehead atoms. The molecule has 78 valence electrons. The number of hydrogen-bond donors (Lipinski definition) is 0. The van der Waals surface area contributed by atoms with Crippen molar-refractivity contribution < 1.29 is 59.8 Å². The van der Waals surface area contributed by atoms with E-state index in [1.54, 1.807) is 30.3 Å². The molecule has 0 heterocycles. The van der Waals surface area contributed by atoms with E-state index >= 15 is 0 Å². The third-order valence-corrected chi connectivity index (χ3v) is 3.20. The summed E-state index contributed by atoms with van der Waals surface area (Å²) < 4.78 is 26.8. The minimum Gasteiger partial charge on any atom is -0.545 e. The number of benzene rings is 1. The monoisotopic (exact) mass is 251 g/mol. The maximum absolute atomic E-state index is 11.5. The van der Waals surface area contributed by atoms with Crippen LogP contribution in [0.4, 0.5) is 0 Å². The molecule has 1 aromatic carbocycles. The summed E-state index contributed by atoms with van der Waals surface area (Å²) in [6.07, 6.45) is 1.76. The zero-order valence-corrected chi connectivity index (χ0v) is 13.1. The molecule has 5 heteroatoms. The van der Waals surface area contributed by atoms with Gasteiger partial charge in [-0.1, -0.05) is 38.0 Å². The van der Waals surface area contributed by atoms with E-state index in [1.165, 1.54) is 0 Å². The smallest absolute Gasteiger partial charge is 0.545 e. The Bertz CT molecular complexity index is 364. The second-order valence-electron chi connectivity index (χ2n) is 2.99. The normalized spacial score (nSPS) is 10.7. The van der Waals surface area contributed by atoms with E-state index in [9.17, 15) is 8.42 Å². The molecule has 1 aromatic rings. The molecular weight excluding hydrogens is 237 g/mol. The van der Waals surface area contributed by atoms with E-state index < -0.39 is 10.0 Å². The zero-order chi connectivity index (χ0) is 10.4. The van der Waals surface area contributed by atoms with E-state index in [0.29, 0.717) is 6.54 Å². The van der Waals surface area contributed by atoms with Gasteiger partial charge in [0.1, 0.15) is 10.0 Å². The molecule has 0 aromatic heterocycles. The summed E-state index contributed by atoms with van der Waals surface area (Å²) in [6.45, 7) is 2.39. The van der Waals surface area contributed by atoms with E-state index in [-0.39, 0.29) is 56.3 Å². The van der Waals surface area contributed by atoms with Crippen molar-refractivity contribution in [3.63, 3.8) is 0 Å². The second kappa shape index (κ2) is 7.95. The summed E-state index contributed by atoms with van der Waals surface area (Å²) in [5.74, 6) is 0. The Hall–Kier alpha value is 0.766. The third-order valence-electron chi connectivity index (χ3n) is 1.81.